The van der Waals surface area contributed by atoms with Crippen LogP contribution in [-0.2, 0) is 23.3 Å². The Morgan fingerprint density at radius 2 is 1.56 bits per heavy atom. The molecule has 0 aromatic heterocycles. The Hall–Kier alpha value is -0.463. The topological polar surface area (TPSA) is 65.0 Å². The molecule has 0 heterocycles. The Balaban J connectivity index is 3.56. The third kappa shape index (κ3) is 6.03. The molecule has 0 spiro atoms. The zero-order valence-corrected chi connectivity index (χ0v) is 19.2. The van der Waals surface area contributed by atoms with E-state index in [4.69, 9.17) is 13.1 Å². The Morgan fingerprint density at radius 1 is 1.08 bits per heavy atom. The van der Waals surface area contributed by atoms with Crippen LogP contribution in [-0.4, -0.2) is 31.2 Å². The van der Waals surface area contributed by atoms with Crippen molar-refractivity contribution in [2.45, 2.75) is 57.6 Å². The number of nitrogens with zero attached hydrogens (tertiary/aromatic N) is 1. The van der Waals surface area contributed by atoms with E-state index in [1.807, 2.05) is 18.2 Å². The van der Waals surface area contributed by atoms with Gasteiger partial charge in [-0.1, -0.05) is 39.0 Å². The molecule has 1 aromatic carbocycles. The standard InChI is InChI=1S/C17H32NO4PSSi/c1-8-21-23(19,22-9-2)15-24(20,16-13-11-10-12-14-16)18-25(6,7)17(3,4)5/h10-14H,8-9,15H2,1-7H3/t24-/m0/s1. The molecule has 0 bridgehead atoms. The summed E-state index contributed by atoms with van der Waals surface area (Å²) in [5, 5.41) is -0.0777. The number of benzene rings is 1. The lowest BCUT2D eigenvalue weighted by Crippen LogP contribution is -2.36. The van der Waals surface area contributed by atoms with E-state index >= 15 is 0 Å². The Bertz CT molecular complexity index is 712. The first-order valence-corrected chi connectivity index (χ1v) is 14.9. The van der Waals surface area contributed by atoms with Crippen molar-refractivity contribution >= 4 is 25.6 Å². The van der Waals surface area contributed by atoms with E-state index in [0.29, 0.717) is 4.90 Å². The molecule has 144 valence electrons. The first-order valence-electron chi connectivity index (χ1n) is 8.58. The van der Waals surface area contributed by atoms with Gasteiger partial charge in [-0.25, -0.2) is 4.21 Å². The molecule has 8 heteroatoms. The minimum Gasteiger partial charge on any atom is -0.308 e. The average molecular weight is 406 g/mol. The molecule has 0 aliphatic carbocycles. The van der Waals surface area contributed by atoms with Gasteiger partial charge in [0.1, 0.15) is 5.49 Å². The van der Waals surface area contributed by atoms with Crippen molar-refractivity contribution in [1.82, 2.24) is 0 Å². The van der Waals surface area contributed by atoms with Gasteiger partial charge < -0.3 is 9.05 Å². The molecule has 0 fully saturated rings. The quantitative estimate of drug-likeness (QED) is 0.408. The van der Waals surface area contributed by atoms with Gasteiger partial charge in [-0.3, -0.25) is 8.59 Å². The van der Waals surface area contributed by atoms with Crippen LogP contribution in [0.5, 0.6) is 0 Å². The minimum atomic E-state index is -3.49. The molecule has 0 saturated heterocycles. The summed E-state index contributed by atoms with van der Waals surface area (Å²) in [6.07, 6.45) is 0. The van der Waals surface area contributed by atoms with E-state index in [1.54, 1.807) is 26.0 Å². The second kappa shape index (κ2) is 8.48. The van der Waals surface area contributed by atoms with Gasteiger partial charge in [-0.15, -0.1) is 0 Å². The van der Waals surface area contributed by atoms with Crippen LogP contribution in [0.15, 0.2) is 39.3 Å². The van der Waals surface area contributed by atoms with Gasteiger partial charge in [0.05, 0.1) is 22.9 Å². The first-order chi connectivity index (χ1) is 11.4. The second-order valence-corrected chi connectivity index (χ2v) is 17.3. The van der Waals surface area contributed by atoms with Gasteiger partial charge in [0.25, 0.3) is 0 Å². The van der Waals surface area contributed by atoms with Crippen molar-refractivity contribution < 1.29 is 17.8 Å². The number of rotatable bonds is 8. The Labute approximate surface area is 154 Å². The molecule has 0 aliphatic heterocycles. The highest BCUT2D eigenvalue weighted by atomic mass is 32.2. The summed E-state index contributed by atoms with van der Waals surface area (Å²) < 4.78 is 42.7. The SMILES string of the molecule is CCOP(=O)(C[S@@](=O)(=N[Si](C)(C)C(C)(C)C)c1ccccc1)OCC. The van der Waals surface area contributed by atoms with Crippen molar-refractivity contribution in [3.05, 3.63) is 30.3 Å². The van der Waals surface area contributed by atoms with Crippen molar-refractivity contribution in [2.75, 3.05) is 18.7 Å². The maximum atomic E-state index is 14.0. The number of hydrogen-bond acceptors (Lipinski definition) is 5. The fourth-order valence-electron chi connectivity index (χ4n) is 2.01. The molecular weight excluding hydrogens is 373 g/mol. The maximum absolute atomic E-state index is 14.0. The molecule has 25 heavy (non-hydrogen) atoms. The lowest BCUT2D eigenvalue weighted by atomic mass is 10.2. The molecule has 1 rings (SSSR count). The fraction of sp³-hybridized carbons (Fsp3) is 0.647. The summed E-state index contributed by atoms with van der Waals surface area (Å²) in [4.78, 5) is 0.583. The van der Waals surface area contributed by atoms with Crippen molar-refractivity contribution in [2.24, 2.45) is 4.03 Å². The molecule has 0 aliphatic rings. The average Bonchev–Trinajstić information content (AvgIpc) is 2.46. The molecule has 0 amide bonds. The molecular formula is C17H32NO4PSSi. The van der Waals surface area contributed by atoms with Crippen LogP contribution in [0.25, 0.3) is 0 Å². The van der Waals surface area contributed by atoms with Crippen molar-refractivity contribution in [1.29, 1.82) is 0 Å². The highest BCUT2D eigenvalue weighted by Crippen LogP contribution is 2.51. The van der Waals surface area contributed by atoms with Crippen LogP contribution >= 0.6 is 7.60 Å². The largest absolute Gasteiger partial charge is 0.344 e. The highest BCUT2D eigenvalue weighted by Gasteiger charge is 2.40. The van der Waals surface area contributed by atoms with Gasteiger partial charge in [0, 0.05) is 4.90 Å². The monoisotopic (exact) mass is 405 g/mol. The Kier molecular flexibility index (Phi) is 7.66. The van der Waals surface area contributed by atoms with Crippen LogP contribution in [0.2, 0.25) is 18.1 Å². The third-order valence-electron chi connectivity index (χ3n) is 4.31. The van der Waals surface area contributed by atoms with Gasteiger partial charge in [-0.2, -0.15) is 0 Å². The summed E-state index contributed by atoms with van der Waals surface area (Å²) >= 11 is 0. The molecule has 1 aromatic rings. The van der Waals surface area contributed by atoms with Gasteiger partial charge >= 0.3 is 7.60 Å². The third-order valence-corrected chi connectivity index (χ3v) is 16.0. The molecule has 0 saturated carbocycles. The van der Waals surface area contributed by atoms with Crippen LogP contribution in [0.1, 0.15) is 34.6 Å². The van der Waals surface area contributed by atoms with E-state index in [9.17, 15) is 8.77 Å². The van der Waals surface area contributed by atoms with Crippen LogP contribution < -0.4 is 0 Å². The second-order valence-electron chi connectivity index (χ2n) is 7.43. The van der Waals surface area contributed by atoms with E-state index in [-0.39, 0.29) is 23.7 Å². The summed E-state index contributed by atoms with van der Waals surface area (Å²) in [6, 6.07) is 9.06. The smallest absolute Gasteiger partial charge is 0.308 e. The van der Waals surface area contributed by atoms with Crippen LogP contribution in [0, 0.1) is 0 Å². The maximum Gasteiger partial charge on any atom is 0.344 e. The fourth-order valence-corrected chi connectivity index (χ4v) is 11.6. The van der Waals surface area contributed by atoms with E-state index in [2.05, 4.69) is 33.9 Å². The Morgan fingerprint density at radius 3 is 1.96 bits per heavy atom. The van der Waals surface area contributed by atoms with Crippen LogP contribution in [0.4, 0.5) is 0 Å². The molecule has 0 unspecified atom stereocenters. The lowest BCUT2D eigenvalue weighted by Gasteiger charge is -2.33. The number of hydrogen-bond donors (Lipinski definition) is 0. The molecule has 1 atom stereocenters. The predicted octanol–water partition coefficient (Wildman–Crippen LogP) is 5.74. The molecule has 5 nitrogen and oxygen atoms in total. The zero-order valence-electron chi connectivity index (χ0n) is 16.4. The van der Waals surface area contributed by atoms with Crippen molar-refractivity contribution in [3.8, 4) is 0 Å². The summed E-state index contributed by atoms with van der Waals surface area (Å²) in [7, 11) is -8.68. The van der Waals surface area contributed by atoms with Gasteiger partial charge in [0.2, 0.25) is 0 Å². The van der Waals surface area contributed by atoms with Gasteiger partial charge in [0.15, 0.2) is 8.24 Å². The lowest BCUT2D eigenvalue weighted by molar-refractivity contribution is 0.224. The minimum absolute atomic E-state index is 0.0777. The van der Waals surface area contributed by atoms with E-state index in [0.717, 1.165) is 0 Å². The van der Waals surface area contributed by atoms with E-state index in [1.165, 1.54) is 0 Å². The van der Waals surface area contributed by atoms with Crippen LogP contribution in [0.3, 0.4) is 0 Å². The first kappa shape index (κ1) is 22.6. The summed E-state index contributed by atoms with van der Waals surface area (Å²) in [5.41, 5.74) is -0.210. The van der Waals surface area contributed by atoms with Gasteiger partial charge in [-0.05, 0) is 44.1 Å². The predicted molar refractivity (Wildman–Crippen MR) is 108 cm³/mol. The highest BCUT2D eigenvalue weighted by molar-refractivity contribution is 8.00. The molecule has 0 radical (unpaired) electrons. The normalized spacial score (nSPS) is 15.6. The molecule has 0 N–H and O–H groups in total. The summed E-state index contributed by atoms with van der Waals surface area (Å²) in [6.45, 7) is 14.5. The van der Waals surface area contributed by atoms with Crippen molar-refractivity contribution in [3.63, 3.8) is 0 Å². The zero-order chi connectivity index (χ0) is 19.4. The van der Waals surface area contributed by atoms with E-state index < -0.39 is 25.6 Å². The summed E-state index contributed by atoms with van der Waals surface area (Å²) in [5.74, 6) is 0.